The van der Waals surface area contributed by atoms with Gasteiger partial charge in [0.25, 0.3) is 5.91 Å². The fourth-order valence-electron chi connectivity index (χ4n) is 3.10. The number of rotatable bonds is 6. The van der Waals surface area contributed by atoms with Gasteiger partial charge in [0.15, 0.2) is 0 Å². The third-order valence-electron chi connectivity index (χ3n) is 4.45. The standard InChI is InChI=1S/C19H22ClN3O3/c1-25-17-9-16(18(26-2)8-15(17)20)23-19(24)12-7-14(11-21-10-12)22-13-5-3-4-6-13/h7-11,13,22H,3-6H2,1-2H3,(H,23,24). The van der Waals surface area contributed by atoms with Gasteiger partial charge < -0.3 is 20.1 Å². The number of hydrogen-bond donors (Lipinski definition) is 2. The van der Waals surface area contributed by atoms with E-state index < -0.39 is 0 Å². The van der Waals surface area contributed by atoms with E-state index in [2.05, 4.69) is 15.6 Å². The number of halogens is 1. The highest BCUT2D eigenvalue weighted by molar-refractivity contribution is 6.32. The van der Waals surface area contributed by atoms with Crippen molar-refractivity contribution in [2.75, 3.05) is 24.9 Å². The molecule has 26 heavy (non-hydrogen) atoms. The molecule has 1 aliphatic rings. The first kappa shape index (κ1) is 18.3. The van der Waals surface area contributed by atoms with Crippen molar-refractivity contribution in [2.45, 2.75) is 31.7 Å². The summed E-state index contributed by atoms with van der Waals surface area (Å²) in [5.74, 6) is 0.630. The van der Waals surface area contributed by atoms with E-state index in [0.717, 1.165) is 18.5 Å². The Morgan fingerprint density at radius 3 is 2.54 bits per heavy atom. The van der Waals surface area contributed by atoms with Gasteiger partial charge >= 0.3 is 0 Å². The molecule has 1 heterocycles. The number of anilines is 2. The van der Waals surface area contributed by atoms with E-state index in [1.165, 1.54) is 33.3 Å². The molecule has 0 atom stereocenters. The summed E-state index contributed by atoms with van der Waals surface area (Å²) in [6.07, 6.45) is 8.05. The highest BCUT2D eigenvalue weighted by atomic mass is 35.5. The summed E-state index contributed by atoms with van der Waals surface area (Å²) >= 11 is 6.10. The second kappa shape index (κ2) is 8.27. The Labute approximate surface area is 157 Å². The molecule has 1 aliphatic carbocycles. The average Bonchev–Trinajstić information content (AvgIpc) is 3.16. The topological polar surface area (TPSA) is 72.5 Å². The summed E-state index contributed by atoms with van der Waals surface area (Å²) in [6.45, 7) is 0. The highest BCUT2D eigenvalue weighted by Gasteiger charge is 2.17. The molecule has 2 N–H and O–H groups in total. The number of carbonyl (C=O) groups excluding carboxylic acids is 1. The summed E-state index contributed by atoms with van der Waals surface area (Å²) in [7, 11) is 3.03. The Hall–Kier alpha value is -2.47. The van der Waals surface area contributed by atoms with Crippen molar-refractivity contribution in [3.05, 3.63) is 41.2 Å². The lowest BCUT2D eigenvalue weighted by Gasteiger charge is -2.15. The van der Waals surface area contributed by atoms with Crippen molar-refractivity contribution in [1.29, 1.82) is 0 Å². The lowest BCUT2D eigenvalue weighted by atomic mass is 10.2. The van der Waals surface area contributed by atoms with E-state index in [4.69, 9.17) is 21.1 Å². The van der Waals surface area contributed by atoms with Gasteiger partial charge in [0.05, 0.1) is 36.2 Å². The lowest BCUT2D eigenvalue weighted by molar-refractivity contribution is 0.102. The number of aromatic nitrogens is 1. The van der Waals surface area contributed by atoms with Gasteiger partial charge in [-0.3, -0.25) is 9.78 Å². The average molecular weight is 376 g/mol. The molecule has 7 heteroatoms. The molecule has 2 aromatic rings. The molecule has 138 valence electrons. The van der Waals surface area contributed by atoms with E-state index in [9.17, 15) is 4.79 Å². The van der Waals surface area contributed by atoms with Crippen molar-refractivity contribution in [1.82, 2.24) is 4.98 Å². The first-order valence-corrected chi connectivity index (χ1v) is 8.93. The third kappa shape index (κ3) is 4.19. The zero-order chi connectivity index (χ0) is 18.5. The molecule has 0 unspecified atom stereocenters. The number of amides is 1. The number of hydrogen-bond acceptors (Lipinski definition) is 5. The molecule has 6 nitrogen and oxygen atoms in total. The lowest BCUT2D eigenvalue weighted by Crippen LogP contribution is -2.17. The molecule has 0 spiro atoms. The maximum absolute atomic E-state index is 12.6. The first-order chi connectivity index (χ1) is 12.6. The fraction of sp³-hybridized carbons (Fsp3) is 0.368. The highest BCUT2D eigenvalue weighted by Crippen LogP contribution is 2.36. The largest absolute Gasteiger partial charge is 0.495 e. The van der Waals surface area contributed by atoms with Crippen LogP contribution in [0.5, 0.6) is 11.5 Å². The molecule has 3 rings (SSSR count). The zero-order valence-electron chi connectivity index (χ0n) is 14.8. The third-order valence-corrected chi connectivity index (χ3v) is 4.74. The van der Waals surface area contributed by atoms with Gasteiger partial charge in [0, 0.05) is 30.6 Å². The van der Waals surface area contributed by atoms with E-state index in [1.54, 1.807) is 24.4 Å². The molecule has 0 aliphatic heterocycles. The van der Waals surface area contributed by atoms with Crippen molar-refractivity contribution in [3.8, 4) is 11.5 Å². The first-order valence-electron chi connectivity index (χ1n) is 8.55. The molecule has 0 saturated heterocycles. The van der Waals surface area contributed by atoms with Gasteiger partial charge in [-0.1, -0.05) is 24.4 Å². The van der Waals surface area contributed by atoms with Crippen LogP contribution >= 0.6 is 11.6 Å². The Balaban J connectivity index is 1.77. The number of carbonyl (C=O) groups is 1. The van der Waals surface area contributed by atoms with E-state index in [1.807, 2.05) is 0 Å². The second-order valence-electron chi connectivity index (χ2n) is 6.23. The van der Waals surface area contributed by atoms with Gasteiger partial charge in [-0.2, -0.15) is 0 Å². The van der Waals surface area contributed by atoms with Crippen molar-refractivity contribution in [3.63, 3.8) is 0 Å². The molecule has 1 aromatic carbocycles. The van der Waals surface area contributed by atoms with E-state index in [0.29, 0.717) is 33.8 Å². The van der Waals surface area contributed by atoms with Crippen LogP contribution in [0.3, 0.4) is 0 Å². The van der Waals surface area contributed by atoms with Crippen LogP contribution < -0.4 is 20.1 Å². The Bertz CT molecular complexity index is 792. The van der Waals surface area contributed by atoms with Gasteiger partial charge in [-0.25, -0.2) is 0 Å². The van der Waals surface area contributed by atoms with Gasteiger partial charge in [0.2, 0.25) is 0 Å². The molecule has 1 saturated carbocycles. The van der Waals surface area contributed by atoms with Crippen molar-refractivity contribution in [2.24, 2.45) is 0 Å². The van der Waals surface area contributed by atoms with E-state index in [-0.39, 0.29) is 5.91 Å². The maximum atomic E-state index is 12.6. The fourth-order valence-corrected chi connectivity index (χ4v) is 3.33. The maximum Gasteiger partial charge on any atom is 0.257 e. The number of nitrogens with one attached hydrogen (secondary N) is 2. The summed E-state index contributed by atoms with van der Waals surface area (Å²) in [6, 6.07) is 5.50. The normalized spacial score (nSPS) is 14.1. The predicted octanol–water partition coefficient (Wildman–Crippen LogP) is 4.36. The Morgan fingerprint density at radius 1 is 1.12 bits per heavy atom. The SMILES string of the molecule is COc1cc(NC(=O)c2cncc(NC3CCCC3)c2)c(OC)cc1Cl. The molecular formula is C19H22ClN3O3. The van der Waals surface area contributed by atoms with Crippen LogP contribution in [0.15, 0.2) is 30.6 Å². The Morgan fingerprint density at radius 2 is 1.85 bits per heavy atom. The van der Waals surface area contributed by atoms with Crippen LogP contribution in [0.1, 0.15) is 36.0 Å². The summed E-state index contributed by atoms with van der Waals surface area (Å²) in [5.41, 5.74) is 1.79. The van der Waals surface area contributed by atoms with Crippen LogP contribution in [0.4, 0.5) is 11.4 Å². The molecule has 0 bridgehead atoms. The van der Waals surface area contributed by atoms with Crippen LogP contribution in [0.25, 0.3) is 0 Å². The molecule has 1 aromatic heterocycles. The summed E-state index contributed by atoms with van der Waals surface area (Å²) in [5, 5.41) is 6.68. The van der Waals surface area contributed by atoms with E-state index >= 15 is 0 Å². The number of benzene rings is 1. The van der Waals surface area contributed by atoms with Gasteiger partial charge in [-0.15, -0.1) is 0 Å². The smallest absolute Gasteiger partial charge is 0.257 e. The molecule has 1 fully saturated rings. The van der Waals surface area contributed by atoms with Crippen molar-refractivity contribution >= 4 is 28.9 Å². The summed E-state index contributed by atoms with van der Waals surface area (Å²) < 4.78 is 10.5. The molecule has 1 amide bonds. The predicted molar refractivity (Wildman–Crippen MR) is 103 cm³/mol. The number of pyridine rings is 1. The number of ether oxygens (including phenoxy) is 2. The van der Waals surface area contributed by atoms with Crippen molar-refractivity contribution < 1.29 is 14.3 Å². The monoisotopic (exact) mass is 375 g/mol. The number of nitrogens with zero attached hydrogens (tertiary/aromatic N) is 1. The second-order valence-corrected chi connectivity index (χ2v) is 6.64. The van der Waals surface area contributed by atoms with Crippen LogP contribution in [-0.2, 0) is 0 Å². The van der Waals surface area contributed by atoms with Crippen LogP contribution in [0.2, 0.25) is 5.02 Å². The minimum absolute atomic E-state index is 0.282. The molecule has 0 radical (unpaired) electrons. The molecular weight excluding hydrogens is 354 g/mol. The summed E-state index contributed by atoms with van der Waals surface area (Å²) in [4.78, 5) is 16.8. The number of methoxy groups -OCH3 is 2. The zero-order valence-corrected chi connectivity index (χ0v) is 15.6. The van der Waals surface area contributed by atoms with Gasteiger partial charge in [-0.05, 0) is 18.9 Å². The minimum Gasteiger partial charge on any atom is -0.495 e. The quantitative estimate of drug-likeness (QED) is 0.784. The van der Waals surface area contributed by atoms with Gasteiger partial charge in [0.1, 0.15) is 11.5 Å². The van der Waals surface area contributed by atoms with Crippen LogP contribution in [0, 0.1) is 0 Å². The Kier molecular flexibility index (Phi) is 5.83. The minimum atomic E-state index is -0.282. The van der Waals surface area contributed by atoms with Crippen LogP contribution in [-0.4, -0.2) is 31.2 Å².